The highest BCUT2D eigenvalue weighted by Gasteiger charge is 2.30. The average Bonchev–Trinajstić information content (AvgIpc) is 2.95. The first-order valence-corrected chi connectivity index (χ1v) is 7.17. The van der Waals surface area contributed by atoms with Crippen LogP contribution in [0.3, 0.4) is 0 Å². The lowest BCUT2D eigenvalue weighted by atomic mass is 10.0. The van der Waals surface area contributed by atoms with Gasteiger partial charge in [-0.3, -0.25) is 9.88 Å². The molecule has 2 rings (SSSR count). The van der Waals surface area contributed by atoms with Gasteiger partial charge in [0.25, 0.3) is 0 Å². The van der Waals surface area contributed by atoms with Crippen molar-refractivity contribution in [1.82, 2.24) is 9.88 Å². The van der Waals surface area contributed by atoms with Crippen molar-refractivity contribution < 1.29 is 9.47 Å². The number of hydrogen-bond donors (Lipinski definition) is 1. The smallest absolute Gasteiger partial charge is 0.183 e. The standard InChI is InChI=1S/C15H25N3O2/c1-18(13-6-4-5-11(13)9-16)10-12-15(20-3)14(19-2)7-8-17-12/h7-8,11,13H,4-6,9-10,16H2,1-3H3. The van der Waals surface area contributed by atoms with Crippen molar-refractivity contribution >= 4 is 0 Å². The monoisotopic (exact) mass is 279 g/mol. The second-order valence-corrected chi connectivity index (χ2v) is 5.40. The van der Waals surface area contributed by atoms with Crippen LogP contribution in [0.2, 0.25) is 0 Å². The van der Waals surface area contributed by atoms with Crippen molar-refractivity contribution in [2.24, 2.45) is 11.7 Å². The molecule has 1 aliphatic rings. The van der Waals surface area contributed by atoms with Gasteiger partial charge in [-0.05, 0) is 32.4 Å². The Balaban J connectivity index is 2.13. The van der Waals surface area contributed by atoms with E-state index in [1.807, 2.05) is 6.07 Å². The van der Waals surface area contributed by atoms with Crippen LogP contribution in [0.5, 0.6) is 11.5 Å². The molecule has 0 bridgehead atoms. The van der Waals surface area contributed by atoms with Crippen molar-refractivity contribution in [3.63, 3.8) is 0 Å². The van der Waals surface area contributed by atoms with E-state index in [2.05, 4.69) is 16.9 Å². The second-order valence-electron chi connectivity index (χ2n) is 5.40. The number of nitrogens with two attached hydrogens (primary N) is 1. The van der Waals surface area contributed by atoms with Gasteiger partial charge in [0.1, 0.15) is 5.69 Å². The number of aromatic nitrogens is 1. The molecule has 0 spiro atoms. The minimum Gasteiger partial charge on any atom is -0.493 e. The Hall–Kier alpha value is -1.33. The molecular weight excluding hydrogens is 254 g/mol. The Morgan fingerprint density at radius 1 is 1.35 bits per heavy atom. The Morgan fingerprint density at radius 3 is 2.80 bits per heavy atom. The molecule has 1 fully saturated rings. The number of methoxy groups -OCH3 is 2. The fraction of sp³-hybridized carbons (Fsp3) is 0.667. The molecule has 0 aliphatic heterocycles. The van der Waals surface area contributed by atoms with Crippen LogP contribution >= 0.6 is 0 Å². The molecule has 20 heavy (non-hydrogen) atoms. The molecule has 2 unspecified atom stereocenters. The normalized spacial score (nSPS) is 22.2. The van der Waals surface area contributed by atoms with Crippen molar-refractivity contribution in [1.29, 1.82) is 0 Å². The van der Waals surface area contributed by atoms with Gasteiger partial charge in [-0.1, -0.05) is 6.42 Å². The quantitative estimate of drug-likeness (QED) is 0.858. The lowest BCUT2D eigenvalue weighted by Crippen LogP contribution is -2.37. The fourth-order valence-corrected chi connectivity index (χ4v) is 3.19. The van der Waals surface area contributed by atoms with E-state index in [0.29, 0.717) is 12.0 Å². The van der Waals surface area contributed by atoms with Crippen LogP contribution in [0.15, 0.2) is 12.3 Å². The van der Waals surface area contributed by atoms with Crippen LogP contribution in [-0.4, -0.2) is 43.7 Å². The van der Waals surface area contributed by atoms with Gasteiger partial charge in [-0.15, -0.1) is 0 Å². The molecule has 1 heterocycles. The SMILES string of the molecule is COc1ccnc(CN(C)C2CCCC2CN)c1OC. The Morgan fingerprint density at radius 2 is 2.15 bits per heavy atom. The molecule has 5 heteroatoms. The van der Waals surface area contributed by atoms with Gasteiger partial charge in [0.2, 0.25) is 0 Å². The summed E-state index contributed by atoms with van der Waals surface area (Å²) in [4.78, 5) is 6.78. The fourth-order valence-electron chi connectivity index (χ4n) is 3.19. The predicted molar refractivity (Wildman–Crippen MR) is 79.0 cm³/mol. The van der Waals surface area contributed by atoms with Gasteiger partial charge in [0.15, 0.2) is 11.5 Å². The molecular formula is C15H25N3O2. The molecule has 1 aromatic heterocycles. The van der Waals surface area contributed by atoms with Gasteiger partial charge in [-0.25, -0.2) is 0 Å². The third-order valence-electron chi connectivity index (χ3n) is 4.25. The zero-order valence-electron chi connectivity index (χ0n) is 12.6. The lowest BCUT2D eigenvalue weighted by molar-refractivity contribution is 0.188. The largest absolute Gasteiger partial charge is 0.493 e. The first-order chi connectivity index (χ1) is 9.71. The first-order valence-electron chi connectivity index (χ1n) is 7.17. The Bertz CT molecular complexity index is 439. The van der Waals surface area contributed by atoms with E-state index in [1.165, 1.54) is 19.3 Å². The van der Waals surface area contributed by atoms with Gasteiger partial charge < -0.3 is 15.2 Å². The Kier molecular flexibility index (Phi) is 5.20. The van der Waals surface area contributed by atoms with E-state index in [4.69, 9.17) is 15.2 Å². The molecule has 1 aromatic rings. The summed E-state index contributed by atoms with van der Waals surface area (Å²) in [7, 11) is 5.44. The maximum absolute atomic E-state index is 5.87. The third-order valence-corrected chi connectivity index (χ3v) is 4.25. The van der Waals surface area contributed by atoms with E-state index in [9.17, 15) is 0 Å². The van der Waals surface area contributed by atoms with Gasteiger partial charge in [0, 0.05) is 24.8 Å². The highest BCUT2D eigenvalue weighted by molar-refractivity contribution is 5.42. The number of pyridine rings is 1. The molecule has 0 aromatic carbocycles. The topological polar surface area (TPSA) is 60.6 Å². The summed E-state index contributed by atoms with van der Waals surface area (Å²) in [5, 5.41) is 0. The van der Waals surface area contributed by atoms with Crippen LogP contribution in [-0.2, 0) is 6.54 Å². The summed E-state index contributed by atoms with van der Waals surface area (Å²) in [6.07, 6.45) is 5.47. The average molecular weight is 279 g/mol. The van der Waals surface area contributed by atoms with E-state index >= 15 is 0 Å². The number of ether oxygens (including phenoxy) is 2. The van der Waals surface area contributed by atoms with Crippen LogP contribution in [0.1, 0.15) is 25.0 Å². The van der Waals surface area contributed by atoms with E-state index in [1.54, 1.807) is 20.4 Å². The van der Waals surface area contributed by atoms with E-state index < -0.39 is 0 Å². The summed E-state index contributed by atoms with van der Waals surface area (Å²) in [5.41, 5.74) is 6.78. The lowest BCUT2D eigenvalue weighted by Gasteiger charge is -2.29. The molecule has 1 saturated carbocycles. The van der Waals surface area contributed by atoms with Gasteiger partial charge in [-0.2, -0.15) is 0 Å². The van der Waals surface area contributed by atoms with Crippen molar-refractivity contribution in [2.75, 3.05) is 27.8 Å². The zero-order chi connectivity index (χ0) is 14.5. The molecule has 5 nitrogen and oxygen atoms in total. The second kappa shape index (κ2) is 6.90. The molecule has 112 valence electrons. The minimum absolute atomic E-state index is 0.540. The van der Waals surface area contributed by atoms with Crippen molar-refractivity contribution in [3.8, 4) is 11.5 Å². The summed E-state index contributed by atoms with van der Waals surface area (Å²) < 4.78 is 10.8. The van der Waals surface area contributed by atoms with E-state index in [0.717, 1.165) is 30.3 Å². The zero-order valence-corrected chi connectivity index (χ0v) is 12.6. The van der Waals surface area contributed by atoms with Crippen LogP contribution in [0, 0.1) is 5.92 Å². The number of nitrogens with zero attached hydrogens (tertiary/aromatic N) is 2. The molecule has 0 saturated heterocycles. The van der Waals surface area contributed by atoms with Gasteiger partial charge >= 0.3 is 0 Å². The van der Waals surface area contributed by atoms with E-state index in [-0.39, 0.29) is 0 Å². The Labute approximate surface area is 121 Å². The maximum Gasteiger partial charge on any atom is 0.183 e. The first kappa shape index (κ1) is 15.1. The summed E-state index contributed by atoms with van der Waals surface area (Å²) >= 11 is 0. The van der Waals surface area contributed by atoms with Crippen LogP contribution in [0.25, 0.3) is 0 Å². The van der Waals surface area contributed by atoms with Gasteiger partial charge in [0.05, 0.1) is 14.2 Å². The number of rotatable bonds is 6. The summed E-state index contributed by atoms with van der Waals surface area (Å²) in [5.74, 6) is 2.05. The van der Waals surface area contributed by atoms with Crippen LogP contribution < -0.4 is 15.2 Å². The minimum atomic E-state index is 0.540. The summed E-state index contributed by atoms with van der Waals surface area (Å²) in [6.45, 7) is 1.51. The third kappa shape index (κ3) is 3.04. The molecule has 2 atom stereocenters. The van der Waals surface area contributed by atoms with Crippen molar-refractivity contribution in [2.45, 2.75) is 31.8 Å². The molecule has 0 amide bonds. The highest BCUT2D eigenvalue weighted by Crippen LogP contribution is 2.33. The molecule has 0 radical (unpaired) electrons. The van der Waals surface area contributed by atoms with Crippen molar-refractivity contribution in [3.05, 3.63) is 18.0 Å². The van der Waals surface area contributed by atoms with Crippen LogP contribution in [0.4, 0.5) is 0 Å². The summed E-state index contributed by atoms with van der Waals surface area (Å²) in [6, 6.07) is 2.36. The molecule has 2 N–H and O–H groups in total. The maximum atomic E-state index is 5.87. The molecule has 1 aliphatic carbocycles. The predicted octanol–water partition coefficient (Wildman–Crippen LogP) is 1.66. The highest BCUT2D eigenvalue weighted by atomic mass is 16.5. The number of hydrogen-bond acceptors (Lipinski definition) is 5.